The second kappa shape index (κ2) is 20.7. The van der Waals surface area contributed by atoms with Gasteiger partial charge >= 0.3 is 0 Å². The van der Waals surface area contributed by atoms with E-state index in [1.807, 2.05) is 98.8 Å². The highest BCUT2D eigenvalue weighted by atomic mass is 16.3. The molecule has 4 amide bonds. The molecule has 0 radical (unpaired) electrons. The number of nitrogen functional groups attached to an aromatic ring is 2. The number of aliphatic hydroxyl groups excluding tert-OH is 2. The van der Waals surface area contributed by atoms with E-state index in [0.29, 0.717) is 61.3 Å². The molecule has 0 unspecified atom stereocenters. The van der Waals surface area contributed by atoms with Crippen LogP contribution in [0.15, 0.2) is 97.1 Å². The molecule has 4 aromatic carbocycles. The molecule has 2 heterocycles. The molecule has 2 saturated carbocycles. The normalized spacial score (nSPS) is 18.1. The summed E-state index contributed by atoms with van der Waals surface area (Å²) in [6.07, 6.45) is 5.06. The van der Waals surface area contributed by atoms with Crippen LogP contribution in [-0.4, -0.2) is 65.6 Å². The van der Waals surface area contributed by atoms with Crippen LogP contribution in [0.5, 0.6) is 0 Å². The Kier molecular flexibility index (Phi) is 14.6. The Morgan fingerprint density at radius 2 is 0.879 bits per heavy atom. The molecule has 2 aliphatic rings. The van der Waals surface area contributed by atoms with Crippen molar-refractivity contribution in [2.75, 3.05) is 11.5 Å². The molecule has 344 valence electrons. The zero-order valence-corrected chi connectivity index (χ0v) is 37.2. The summed E-state index contributed by atoms with van der Waals surface area (Å²) in [6, 6.07) is 29.8. The number of nitrogens with zero attached hydrogens (tertiary/aromatic N) is 4. The maximum absolute atomic E-state index is 12.5. The summed E-state index contributed by atoms with van der Waals surface area (Å²) in [4.78, 5) is 49.2. The Morgan fingerprint density at radius 3 is 1.20 bits per heavy atom. The van der Waals surface area contributed by atoms with Crippen molar-refractivity contribution in [3.63, 3.8) is 0 Å². The molecule has 6 aromatic rings. The third-order valence-electron chi connectivity index (χ3n) is 12.6. The van der Waals surface area contributed by atoms with Gasteiger partial charge in [0.2, 0.25) is 0 Å². The second-order valence-corrected chi connectivity index (χ2v) is 17.1. The lowest BCUT2D eigenvalue weighted by molar-refractivity contribution is 0.0942. The Bertz CT molecular complexity index is 2510. The van der Waals surface area contributed by atoms with Crippen LogP contribution in [0.1, 0.15) is 127 Å². The molecular weight excluding hydrogens is 837 g/mol. The van der Waals surface area contributed by atoms with Crippen molar-refractivity contribution in [2.45, 2.75) is 103 Å². The molecule has 2 fully saturated rings. The van der Waals surface area contributed by atoms with Gasteiger partial charge in [-0.2, -0.15) is 10.2 Å². The number of hydrogen-bond donors (Lipinski definition) is 8. The zero-order valence-electron chi connectivity index (χ0n) is 37.2. The van der Waals surface area contributed by atoms with Gasteiger partial charge in [0.05, 0.1) is 24.3 Å². The van der Waals surface area contributed by atoms with Crippen LogP contribution in [0.2, 0.25) is 0 Å². The number of anilines is 2. The number of aliphatic hydroxyl groups is 2. The molecule has 0 bridgehead atoms. The van der Waals surface area contributed by atoms with E-state index in [-0.39, 0.29) is 58.9 Å². The van der Waals surface area contributed by atoms with Crippen LogP contribution in [0.3, 0.4) is 0 Å². The Morgan fingerprint density at radius 1 is 0.545 bits per heavy atom. The van der Waals surface area contributed by atoms with Crippen LogP contribution in [0, 0.1) is 13.8 Å². The summed E-state index contributed by atoms with van der Waals surface area (Å²) in [5.41, 5.74) is 31.5. The Balaban J connectivity index is 0.000000196. The van der Waals surface area contributed by atoms with Gasteiger partial charge in [0.25, 0.3) is 23.6 Å². The summed E-state index contributed by atoms with van der Waals surface area (Å²) in [5.74, 6) is -0.991. The molecule has 0 saturated heterocycles. The standard InChI is InChI=1S/2C25H29N5O3/c2*1-15-4-2-3-5-20(15)25(33)28-14-16-6-8-17(9-7-16)22-21(24(27)32)23(26)30(29-22)18-10-12-19(31)13-11-18/h2*2-9,18-19,31H,10-14,26H2,1H3,(H2,27,32)(H,28,33). The average molecular weight is 895 g/mol. The first-order valence-corrected chi connectivity index (χ1v) is 22.3. The van der Waals surface area contributed by atoms with Crippen LogP contribution < -0.4 is 33.6 Å². The molecule has 0 aliphatic heterocycles. The van der Waals surface area contributed by atoms with Crippen molar-refractivity contribution in [2.24, 2.45) is 11.5 Å². The van der Waals surface area contributed by atoms with Crippen molar-refractivity contribution < 1.29 is 29.4 Å². The first-order chi connectivity index (χ1) is 31.7. The van der Waals surface area contributed by atoms with Gasteiger partial charge in [-0.3, -0.25) is 19.2 Å². The minimum Gasteiger partial charge on any atom is -0.393 e. The number of aryl methyl sites for hydroxylation is 2. The maximum atomic E-state index is 12.5. The molecule has 12 N–H and O–H groups in total. The Hall–Kier alpha value is -7.30. The van der Waals surface area contributed by atoms with E-state index in [1.165, 1.54) is 0 Å². The summed E-state index contributed by atoms with van der Waals surface area (Å²) in [5, 5.41) is 34.7. The first kappa shape index (κ1) is 46.7. The van der Waals surface area contributed by atoms with Crippen LogP contribution in [0.25, 0.3) is 22.5 Å². The molecular formula is C50H58N10O6. The predicted octanol–water partition coefficient (Wildman–Crippen LogP) is 5.89. The molecule has 16 heteroatoms. The van der Waals surface area contributed by atoms with E-state index in [2.05, 4.69) is 20.8 Å². The van der Waals surface area contributed by atoms with Crippen molar-refractivity contribution in [1.82, 2.24) is 30.2 Å². The largest absolute Gasteiger partial charge is 0.393 e. The van der Waals surface area contributed by atoms with Gasteiger partial charge < -0.3 is 43.8 Å². The van der Waals surface area contributed by atoms with E-state index in [9.17, 15) is 29.4 Å². The van der Waals surface area contributed by atoms with Crippen LogP contribution >= 0.6 is 0 Å². The van der Waals surface area contributed by atoms with Gasteiger partial charge in [0.1, 0.15) is 34.2 Å². The van der Waals surface area contributed by atoms with Gasteiger partial charge in [-0.05, 0) is 99.6 Å². The Labute approximate surface area is 383 Å². The van der Waals surface area contributed by atoms with E-state index >= 15 is 0 Å². The van der Waals surface area contributed by atoms with Gasteiger partial charge in [-0.25, -0.2) is 9.36 Å². The summed E-state index contributed by atoms with van der Waals surface area (Å²) >= 11 is 0. The molecule has 16 nitrogen and oxygen atoms in total. The molecule has 66 heavy (non-hydrogen) atoms. The molecule has 2 aromatic heterocycles. The monoisotopic (exact) mass is 894 g/mol. The number of amides is 4. The fourth-order valence-electron chi connectivity index (χ4n) is 8.72. The first-order valence-electron chi connectivity index (χ1n) is 22.3. The third kappa shape index (κ3) is 10.6. The minimum absolute atomic E-state index is 0.0242. The SMILES string of the molecule is Cc1ccccc1C(=O)NCc1ccc(-c2nn(C3CCC(O)CC3)c(N)c2C(N)=O)cc1.Cc1ccccc1C(=O)NCc1ccc(-c2nn(C3CCC(O)CC3)c(N)c2C(N)=O)cc1. The van der Waals surface area contributed by atoms with E-state index < -0.39 is 11.8 Å². The number of primary amides is 2. The number of nitrogens with one attached hydrogen (secondary N) is 2. The van der Waals surface area contributed by atoms with Gasteiger partial charge in [-0.15, -0.1) is 0 Å². The highest BCUT2D eigenvalue weighted by Crippen LogP contribution is 2.36. The lowest BCUT2D eigenvalue weighted by atomic mass is 9.93. The predicted molar refractivity (Wildman–Crippen MR) is 253 cm³/mol. The van der Waals surface area contributed by atoms with E-state index in [4.69, 9.17) is 22.9 Å². The number of aromatic nitrogens is 4. The van der Waals surface area contributed by atoms with Crippen molar-refractivity contribution in [3.8, 4) is 22.5 Å². The number of hydrogen-bond acceptors (Lipinski definition) is 10. The van der Waals surface area contributed by atoms with Gasteiger partial charge in [-0.1, -0.05) is 84.9 Å². The maximum Gasteiger partial charge on any atom is 0.254 e. The number of carbonyl (C=O) groups is 4. The zero-order chi connectivity index (χ0) is 47.1. The number of nitrogens with two attached hydrogens (primary N) is 4. The third-order valence-corrected chi connectivity index (χ3v) is 12.6. The smallest absolute Gasteiger partial charge is 0.254 e. The molecule has 0 spiro atoms. The quantitative estimate of drug-likeness (QED) is 0.0721. The fraction of sp³-hybridized carbons (Fsp3) is 0.320. The highest BCUT2D eigenvalue weighted by Gasteiger charge is 2.30. The fourth-order valence-corrected chi connectivity index (χ4v) is 8.72. The average Bonchev–Trinajstić information content (AvgIpc) is 3.85. The topological polar surface area (TPSA) is 273 Å². The van der Waals surface area contributed by atoms with Crippen molar-refractivity contribution >= 4 is 35.3 Å². The minimum atomic E-state index is -0.626. The lowest BCUT2D eigenvalue weighted by Crippen LogP contribution is -2.23. The number of rotatable bonds is 12. The second-order valence-electron chi connectivity index (χ2n) is 17.1. The van der Waals surface area contributed by atoms with Crippen LogP contribution in [0.4, 0.5) is 11.6 Å². The lowest BCUT2D eigenvalue weighted by Gasteiger charge is -2.26. The summed E-state index contributed by atoms with van der Waals surface area (Å²) in [7, 11) is 0. The van der Waals surface area contributed by atoms with Gasteiger partial charge in [0.15, 0.2) is 0 Å². The van der Waals surface area contributed by atoms with Gasteiger partial charge in [0, 0.05) is 35.3 Å². The molecule has 2 aliphatic carbocycles. The van der Waals surface area contributed by atoms with E-state index in [1.54, 1.807) is 21.5 Å². The van der Waals surface area contributed by atoms with Crippen molar-refractivity contribution in [1.29, 1.82) is 0 Å². The molecule has 0 atom stereocenters. The van der Waals surface area contributed by atoms with Crippen molar-refractivity contribution in [3.05, 3.63) is 142 Å². The van der Waals surface area contributed by atoms with Crippen LogP contribution in [-0.2, 0) is 13.1 Å². The highest BCUT2D eigenvalue weighted by molar-refractivity contribution is 6.04. The molecule has 8 rings (SSSR count). The number of carbonyl (C=O) groups excluding carboxylic acids is 4. The summed E-state index contributed by atoms with van der Waals surface area (Å²) in [6.45, 7) is 4.55. The number of benzene rings is 4. The summed E-state index contributed by atoms with van der Waals surface area (Å²) < 4.78 is 3.36. The van der Waals surface area contributed by atoms with E-state index in [0.717, 1.165) is 59.1 Å².